The van der Waals surface area contributed by atoms with E-state index >= 15 is 0 Å². The first-order valence-electron chi connectivity index (χ1n) is 7.19. The fourth-order valence-corrected chi connectivity index (χ4v) is 4.11. The van der Waals surface area contributed by atoms with Gasteiger partial charge in [0.05, 0.1) is 5.75 Å². The number of hydrogen-bond acceptors (Lipinski definition) is 4. The summed E-state index contributed by atoms with van der Waals surface area (Å²) in [7, 11) is -3.16. The Labute approximate surface area is 121 Å². The molecule has 0 unspecified atom stereocenters. The second-order valence-electron chi connectivity index (χ2n) is 5.31. The lowest BCUT2D eigenvalue weighted by molar-refractivity contribution is 0.266. The Bertz CT molecular complexity index is 496. The molecule has 1 aromatic heterocycles. The van der Waals surface area contributed by atoms with Crippen molar-refractivity contribution in [3.05, 3.63) is 30.1 Å². The Morgan fingerprint density at radius 3 is 2.65 bits per heavy atom. The van der Waals surface area contributed by atoms with Crippen LogP contribution in [0.2, 0.25) is 0 Å². The number of rotatable bonds is 6. The lowest BCUT2D eigenvalue weighted by atomic mass is 9.95. The van der Waals surface area contributed by atoms with Gasteiger partial charge in [0, 0.05) is 31.4 Å². The summed E-state index contributed by atoms with van der Waals surface area (Å²) in [6.45, 7) is 1.96. The quantitative estimate of drug-likeness (QED) is 0.850. The van der Waals surface area contributed by atoms with Crippen molar-refractivity contribution in [1.82, 2.24) is 9.29 Å². The number of aryl methyl sites for hydroxylation is 1. The highest BCUT2D eigenvalue weighted by molar-refractivity contribution is 7.89. The molecule has 0 saturated carbocycles. The van der Waals surface area contributed by atoms with Gasteiger partial charge in [-0.3, -0.25) is 4.98 Å². The Balaban J connectivity index is 1.85. The third-order valence-electron chi connectivity index (χ3n) is 3.88. The summed E-state index contributed by atoms with van der Waals surface area (Å²) in [6.07, 6.45) is 5.04. The molecule has 0 amide bonds. The highest BCUT2D eigenvalue weighted by Gasteiger charge is 2.27. The molecule has 0 spiro atoms. The summed E-state index contributed by atoms with van der Waals surface area (Å²) >= 11 is 0. The molecule has 2 rings (SSSR count). The van der Waals surface area contributed by atoms with Crippen molar-refractivity contribution in [2.24, 2.45) is 11.7 Å². The van der Waals surface area contributed by atoms with Gasteiger partial charge in [-0.2, -0.15) is 0 Å². The number of sulfonamides is 1. The molecule has 2 heterocycles. The molecule has 2 N–H and O–H groups in total. The van der Waals surface area contributed by atoms with Crippen LogP contribution >= 0.6 is 0 Å². The van der Waals surface area contributed by atoms with Gasteiger partial charge in [-0.05, 0) is 43.9 Å². The molecule has 20 heavy (non-hydrogen) atoms. The first-order valence-corrected chi connectivity index (χ1v) is 8.80. The summed E-state index contributed by atoms with van der Waals surface area (Å²) in [5, 5.41) is 0. The maximum absolute atomic E-state index is 12.3. The minimum atomic E-state index is -3.16. The smallest absolute Gasteiger partial charge is 0.214 e. The van der Waals surface area contributed by atoms with Gasteiger partial charge < -0.3 is 5.73 Å². The van der Waals surface area contributed by atoms with Crippen LogP contribution in [0.4, 0.5) is 0 Å². The zero-order chi connectivity index (χ0) is 14.4. The molecule has 1 aromatic rings. The third kappa shape index (κ3) is 4.26. The summed E-state index contributed by atoms with van der Waals surface area (Å²) in [5.41, 5.74) is 6.38. The Morgan fingerprint density at radius 1 is 1.30 bits per heavy atom. The fourth-order valence-electron chi connectivity index (χ4n) is 2.62. The molecule has 1 fully saturated rings. The maximum atomic E-state index is 12.3. The van der Waals surface area contributed by atoms with Gasteiger partial charge in [-0.15, -0.1) is 0 Å². The van der Waals surface area contributed by atoms with Crippen molar-refractivity contribution in [3.8, 4) is 0 Å². The molecule has 112 valence electrons. The predicted octanol–water partition coefficient (Wildman–Crippen LogP) is 1.01. The average molecular weight is 297 g/mol. The Morgan fingerprint density at radius 2 is 2.05 bits per heavy atom. The largest absolute Gasteiger partial charge is 0.330 e. The summed E-state index contributed by atoms with van der Waals surface area (Å²) in [4.78, 5) is 4.17. The molecule has 1 aliphatic rings. The van der Waals surface area contributed by atoms with E-state index in [1.807, 2.05) is 18.2 Å². The standard InChI is InChI=1S/C14H23N3O2S/c15-8-4-13-5-10-17(11-6-13)20(18,19)12-7-14-3-1-2-9-16-14/h1-3,9,13H,4-8,10-12,15H2. The lowest BCUT2D eigenvalue weighted by Gasteiger charge is -2.31. The van der Waals surface area contributed by atoms with E-state index < -0.39 is 10.0 Å². The van der Waals surface area contributed by atoms with Crippen LogP contribution in [0.3, 0.4) is 0 Å². The van der Waals surface area contributed by atoms with Gasteiger partial charge in [-0.25, -0.2) is 12.7 Å². The molecule has 0 aliphatic carbocycles. The highest BCUT2D eigenvalue weighted by atomic mass is 32.2. The normalized spacial score (nSPS) is 18.2. The van der Waals surface area contributed by atoms with Gasteiger partial charge in [0.15, 0.2) is 0 Å². The van der Waals surface area contributed by atoms with Crippen LogP contribution in [-0.4, -0.2) is 43.1 Å². The zero-order valence-electron chi connectivity index (χ0n) is 11.7. The molecule has 0 aromatic carbocycles. The number of aromatic nitrogens is 1. The van der Waals surface area contributed by atoms with Gasteiger partial charge in [-0.1, -0.05) is 6.07 Å². The SMILES string of the molecule is NCCC1CCN(S(=O)(=O)CCc2ccccn2)CC1. The molecule has 6 heteroatoms. The average Bonchev–Trinajstić information content (AvgIpc) is 2.47. The third-order valence-corrected chi connectivity index (χ3v) is 5.76. The van der Waals surface area contributed by atoms with E-state index in [2.05, 4.69) is 4.98 Å². The summed E-state index contributed by atoms with van der Waals surface area (Å²) in [6, 6.07) is 5.58. The van der Waals surface area contributed by atoms with Crippen LogP contribution in [-0.2, 0) is 16.4 Å². The van der Waals surface area contributed by atoms with Crippen molar-refractivity contribution in [1.29, 1.82) is 0 Å². The van der Waals surface area contributed by atoms with Gasteiger partial charge in [0.2, 0.25) is 10.0 Å². The minimum absolute atomic E-state index is 0.144. The molecular formula is C14H23N3O2S. The van der Waals surface area contributed by atoms with Crippen molar-refractivity contribution in [2.45, 2.75) is 25.7 Å². The molecule has 5 nitrogen and oxygen atoms in total. The van der Waals surface area contributed by atoms with Gasteiger partial charge in [0.25, 0.3) is 0 Å². The van der Waals surface area contributed by atoms with E-state index in [0.717, 1.165) is 25.0 Å². The van der Waals surface area contributed by atoms with Crippen LogP contribution in [0.1, 0.15) is 25.0 Å². The van der Waals surface area contributed by atoms with Crippen LogP contribution in [0.15, 0.2) is 24.4 Å². The van der Waals surface area contributed by atoms with Crippen LogP contribution in [0.25, 0.3) is 0 Å². The first kappa shape index (κ1) is 15.4. The zero-order valence-corrected chi connectivity index (χ0v) is 12.6. The lowest BCUT2D eigenvalue weighted by Crippen LogP contribution is -2.40. The van der Waals surface area contributed by atoms with Gasteiger partial charge >= 0.3 is 0 Å². The number of nitrogens with two attached hydrogens (primary N) is 1. The van der Waals surface area contributed by atoms with Crippen LogP contribution in [0, 0.1) is 5.92 Å². The van der Waals surface area contributed by atoms with Gasteiger partial charge in [0.1, 0.15) is 0 Å². The second kappa shape index (κ2) is 7.15. The van der Waals surface area contributed by atoms with Crippen molar-refractivity contribution in [3.63, 3.8) is 0 Å². The second-order valence-corrected chi connectivity index (χ2v) is 7.40. The number of hydrogen-bond donors (Lipinski definition) is 1. The van der Waals surface area contributed by atoms with E-state index in [-0.39, 0.29) is 5.75 Å². The summed E-state index contributed by atoms with van der Waals surface area (Å²) in [5.74, 6) is 0.730. The molecule has 0 radical (unpaired) electrons. The Hall–Kier alpha value is -0.980. The van der Waals surface area contributed by atoms with E-state index in [1.54, 1.807) is 10.5 Å². The highest BCUT2D eigenvalue weighted by Crippen LogP contribution is 2.22. The van der Waals surface area contributed by atoms with E-state index in [1.165, 1.54) is 0 Å². The molecular weight excluding hydrogens is 274 g/mol. The van der Waals surface area contributed by atoms with E-state index in [4.69, 9.17) is 5.73 Å². The van der Waals surface area contributed by atoms with Crippen LogP contribution < -0.4 is 5.73 Å². The molecule has 0 atom stereocenters. The molecule has 0 bridgehead atoms. The van der Waals surface area contributed by atoms with E-state index in [9.17, 15) is 8.42 Å². The number of pyridine rings is 1. The topological polar surface area (TPSA) is 76.3 Å². The minimum Gasteiger partial charge on any atom is -0.330 e. The van der Waals surface area contributed by atoms with E-state index in [0.29, 0.717) is 32.0 Å². The van der Waals surface area contributed by atoms with Crippen molar-refractivity contribution in [2.75, 3.05) is 25.4 Å². The summed E-state index contributed by atoms with van der Waals surface area (Å²) < 4.78 is 26.2. The van der Waals surface area contributed by atoms with Crippen molar-refractivity contribution >= 4 is 10.0 Å². The first-order chi connectivity index (χ1) is 9.62. The molecule has 1 saturated heterocycles. The monoisotopic (exact) mass is 297 g/mol. The maximum Gasteiger partial charge on any atom is 0.214 e. The Kier molecular flexibility index (Phi) is 5.51. The van der Waals surface area contributed by atoms with Crippen LogP contribution in [0.5, 0.6) is 0 Å². The van der Waals surface area contributed by atoms with Crippen molar-refractivity contribution < 1.29 is 8.42 Å². The molecule has 1 aliphatic heterocycles. The number of nitrogens with zero attached hydrogens (tertiary/aromatic N) is 2. The predicted molar refractivity (Wildman–Crippen MR) is 79.7 cm³/mol. The number of piperidine rings is 1. The fraction of sp³-hybridized carbons (Fsp3) is 0.643.